The number of hydrogen-bond acceptors (Lipinski definition) is 5. The lowest BCUT2D eigenvalue weighted by atomic mass is 9.85. The molecule has 0 bridgehead atoms. The minimum Gasteiger partial charge on any atom is -0.480 e. The highest BCUT2D eigenvalue weighted by molar-refractivity contribution is 14.1. The Morgan fingerprint density at radius 2 is 2.04 bits per heavy atom. The number of carbonyl (C=O) groups is 3. The summed E-state index contributed by atoms with van der Waals surface area (Å²) in [7, 11) is 0. The first-order valence-electron chi connectivity index (χ1n) is 8.05. The molecule has 4 atom stereocenters. The van der Waals surface area contributed by atoms with Gasteiger partial charge < -0.3 is 21.1 Å². The number of rotatable bonds is 4. The number of hydrogen-bond donors (Lipinski definition) is 3. The van der Waals surface area contributed by atoms with Crippen molar-refractivity contribution in [1.29, 1.82) is 0 Å². The molecular formula is C17H20IN3O4S. The molecule has 7 nitrogen and oxygen atoms in total. The molecule has 3 rings (SSSR count). The molecule has 2 fully saturated rings. The van der Waals surface area contributed by atoms with Crippen LogP contribution in [0.4, 0.5) is 0 Å². The van der Waals surface area contributed by atoms with E-state index in [0.717, 1.165) is 3.57 Å². The third kappa shape index (κ3) is 2.89. The number of thioether (sulfide) groups is 1. The first-order chi connectivity index (χ1) is 12.0. The van der Waals surface area contributed by atoms with Gasteiger partial charge in [0.1, 0.15) is 23.0 Å². The number of halogens is 1. The molecule has 2 aliphatic heterocycles. The second-order valence-corrected chi connectivity index (χ2v) is 10.2. The fourth-order valence-electron chi connectivity index (χ4n) is 3.52. The minimum atomic E-state index is -1.16. The molecule has 140 valence electrons. The third-order valence-electron chi connectivity index (χ3n) is 4.88. The topological polar surface area (TPSA) is 113 Å². The van der Waals surface area contributed by atoms with Crippen LogP contribution in [0.15, 0.2) is 24.3 Å². The van der Waals surface area contributed by atoms with Gasteiger partial charge in [-0.05, 0) is 61.1 Å². The molecule has 1 unspecified atom stereocenters. The molecule has 2 saturated heterocycles. The van der Waals surface area contributed by atoms with Crippen molar-refractivity contribution < 1.29 is 19.5 Å². The Morgan fingerprint density at radius 1 is 1.38 bits per heavy atom. The quantitative estimate of drug-likeness (QED) is 0.435. The number of amides is 2. The molecule has 4 N–H and O–H groups in total. The number of fused-ring (bicyclic) bond motifs is 1. The number of nitrogens with two attached hydrogens (primary N) is 1. The van der Waals surface area contributed by atoms with Crippen LogP contribution in [0.2, 0.25) is 0 Å². The van der Waals surface area contributed by atoms with Crippen LogP contribution >= 0.6 is 34.4 Å². The van der Waals surface area contributed by atoms with Crippen LogP contribution < -0.4 is 11.1 Å². The standard InChI is InChI=1S/C17H20IN3O4S/c1-16(2)11(13(23)24)21-14(25)17(3,15(21)26-16)20-12(22)10(19)8-5-4-6-9(18)7-8/h4-7,10-11,15H,19H2,1-3H3,(H,20,22)(H,23,24)/t10?,11-,15+,17-/m0/s1. The van der Waals surface area contributed by atoms with Gasteiger partial charge in [-0.25, -0.2) is 4.79 Å². The maximum atomic E-state index is 12.7. The number of β-lactam (4-membered cyclic amide) rings is 1. The lowest BCUT2D eigenvalue weighted by molar-refractivity contribution is -0.168. The van der Waals surface area contributed by atoms with E-state index in [1.54, 1.807) is 26.8 Å². The Morgan fingerprint density at radius 3 is 2.62 bits per heavy atom. The number of nitrogens with zero attached hydrogens (tertiary/aromatic N) is 1. The van der Waals surface area contributed by atoms with E-state index in [2.05, 4.69) is 27.9 Å². The van der Waals surface area contributed by atoms with Crippen LogP contribution in [-0.4, -0.2) is 49.5 Å². The zero-order chi connectivity index (χ0) is 19.4. The summed E-state index contributed by atoms with van der Waals surface area (Å²) in [6, 6.07) is 5.46. The van der Waals surface area contributed by atoms with Gasteiger partial charge in [0.25, 0.3) is 5.91 Å². The van der Waals surface area contributed by atoms with E-state index in [1.165, 1.54) is 16.7 Å². The number of benzene rings is 1. The summed E-state index contributed by atoms with van der Waals surface area (Å²) in [5.74, 6) is -1.89. The van der Waals surface area contributed by atoms with Crippen molar-refractivity contribution in [2.24, 2.45) is 5.73 Å². The van der Waals surface area contributed by atoms with E-state index in [0.29, 0.717) is 5.56 Å². The summed E-state index contributed by atoms with van der Waals surface area (Å²) >= 11 is 3.52. The first kappa shape index (κ1) is 19.4. The molecule has 0 radical (unpaired) electrons. The molecule has 2 amide bonds. The molecule has 26 heavy (non-hydrogen) atoms. The number of aliphatic carboxylic acids is 1. The maximum absolute atomic E-state index is 12.7. The Kier molecular flexibility index (Phi) is 4.77. The largest absolute Gasteiger partial charge is 0.480 e. The zero-order valence-electron chi connectivity index (χ0n) is 14.5. The molecular weight excluding hydrogens is 469 g/mol. The van der Waals surface area contributed by atoms with Crippen molar-refractivity contribution in [1.82, 2.24) is 10.2 Å². The molecule has 1 aromatic carbocycles. The number of carboxylic acids is 1. The van der Waals surface area contributed by atoms with Crippen LogP contribution in [0, 0.1) is 3.57 Å². The minimum absolute atomic E-state index is 0.392. The van der Waals surface area contributed by atoms with Gasteiger partial charge in [-0.1, -0.05) is 12.1 Å². The second-order valence-electron chi connectivity index (χ2n) is 7.25. The van der Waals surface area contributed by atoms with Crippen LogP contribution in [-0.2, 0) is 14.4 Å². The first-order valence-corrected chi connectivity index (χ1v) is 10.0. The van der Waals surface area contributed by atoms with Crippen molar-refractivity contribution in [3.8, 4) is 0 Å². The van der Waals surface area contributed by atoms with Crippen molar-refractivity contribution >= 4 is 52.1 Å². The van der Waals surface area contributed by atoms with Gasteiger partial charge in [-0.3, -0.25) is 9.59 Å². The van der Waals surface area contributed by atoms with Crippen molar-refractivity contribution in [3.63, 3.8) is 0 Å². The van der Waals surface area contributed by atoms with E-state index in [4.69, 9.17) is 5.73 Å². The van der Waals surface area contributed by atoms with E-state index in [-0.39, 0.29) is 0 Å². The van der Waals surface area contributed by atoms with Gasteiger partial charge in [0.05, 0.1) is 0 Å². The summed E-state index contributed by atoms with van der Waals surface area (Å²) in [5, 5.41) is 11.8. The average Bonchev–Trinajstić information content (AvgIpc) is 2.83. The summed E-state index contributed by atoms with van der Waals surface area (Å²) in [6.07, 6.45) is 0. The summed E-state index contributed by atoms with van der Waals surface area (Å²) < 4.78 is 0.310. The molecule has 2 aliphatic rings. The highest BCUT2D eigenvalue weighted by atomic mass is 127. The van der Waals surface area contributed by atoms with Crippen LogP contribution in [0.1, 0.15) is 32.4 Å². The fraction of sp³-hybridized carbons (Fsp3) is 0.471. The number of nitrogens with one attached hydrogen (secondary N) is 1. The third-order valence-corrected chi connectivity index (χ3v) is 7.31. The van der Waals surface area contributed by atoms with E-state index in [1.807, 2.05) is 18.2 Å². The summed E-state index contributed by atoms with van der Waals surface area (Å²) in [5.41, 5.74) is 5.56. The molecule has 2 heterocycles. The van der Waals surface area contributed by atoms with Crippen LogP contribution in [0.5, 0.6) is 0 Å². The smallest absolute Gasteiger partial charge is 0.327 e. The maximum Gasteiger partial charge on any atom is 0.327 e. The lowest BCUT2D eigenvalue weighted by Gasteiger charge is -2.51. The van der Waals surface area contributed by atoms with Gasteiger partial charge in [-0.15, -0.1) is 11.8 Å². The van der Waals surface area contributed by atoms with E-state index >= 15 is 0 Å². The summed E-state index contributed by atoms with van der Waals surface area (Å²) in [6.45, 7) is 5.22. The molecule has 0 aromatic heterocycles. The highest BCUT2D eigenvalue weighted by Gasteiger charge is 2.70. The van der Waals surface area contributed by atoms with Crippen LogP contribution in [0.3, 0.4) is 0 Å². The molecule has 0 spiro atoms. The molecule has 0 aliphatic carbocycles. The normalized spacial score (nSPS) is 30.3. The highest BCUT2D eigenvalue weighted by Crippen LogP contribution is 2.54. The average molecular weight is 489 g/mol. The monoisotopic (exact) mass is 489 g/mol. The fourth-order valence-corrected chi connectivity index (χ4v) is 5.74. The van der Waals surface area contributed by atoms with Gasteiger partial charge in [0.15, 0.2) is 0 Å². The van der Waals surface area contributed by atoms with Gasteiger partial charge in [0.2, 0.25) is 5.91 Å². The Bertz CT molecular complexity index is 802. The van der Waals surface area contributed by atoms with Crippen molar-refractivity contribution in [2.75, 3.05) is 0 Å². The Balaban J connectivity index is 1.79. The van der Waals surface area contributed by atoms with Crippen molar-refractivity contribution in [2.45, 2.75) is 48.5 Å². The van der Waals surface area contributed by atoms with Gasteiger partial charge in [-0.2, -0.15) is 0 Å². The predicted molar refractivity (Wildman–Crippen MR) is 106 cm³/mol. The van der Waals surface area contributed by atoms with Crippen molar-refractivity contribution in [3.05, 3.63) is 33.4 Å². The summed E-state index contributed by atoms with van der Waals surface area (Å²) in [4.78, 5) is 38.3. The number of carboxylic acid groups (broad SMARTS) is 1. The predicted octanol–water partition coefficient (Wildman–Crippen LogP) is 1.31. The molecule has 0 saturated carbocycles. The van der Waals surface area contributed by atoms with Crippen LogP contribution in [0.25, 0.3) is 0 Å². The zero-order valence-corrected chi connectivity index (χ0v) is 17.5. The number of carbonyl (C=O) groups excluding carboxylic acids is 2. The SMILES string of the molecule is CC1(C)S[C@H]2N(C(=O)[C@]2(C)NC(=O)C(N)c2cccc(I)c2)[C@H]1C(=O)O. The van der Waals surface area contributed by atoms with Gasteiger partial charge >= 0.3 is 5.97 Å². The Hall–Kier alpha value is -1.33. The van der Waals surface area contributed by atoms with E-state index < -0.39 is 45.5 Å². The lowest BCUT2D eigenvalue weighted by Crippen LogP contribution is -2.78. The second kappa shape index (κ2) is 6.38. The van der Waals surface area contributed by atoms with Gasteiger partial charge in [0, 0.05) is 8.32 Å². The van der Waals surface area contributed by atoms with E-state index in [9.17, 15) is 19.5 Å². The molecule has 9 heteroatoms. The Labute approximate surface area is 169 Å². The molecule has 1 aromatic rings.